The van der Waals surface area contributed by atoms with Gasteiger partial charge in [-0.3, -0.25) is 9.59 Å². The highest BCUT2D eigenvalue weighted by Crippen LogP contribution is 2.27. The molecule has 15 heteroatoms. The van der Waals surface area contributed by atoms with Crippen molar-refractivity contribution < 1.29 is 28.7 Å². The Hall–Kier alpha value is -6.15. The molecule has 48 heavy (non-hydrogen) atoms. The highest BCUT2D eigenvalue weighted by Gasteiger charge is 2.20. The van der Waals surface area contributed by atoms with Gasteiger partial charge < -0.3 is 19.7 Å². The van der Waals surface area contributed by atoms with E-state index in [1.807, 2.05) is 12.1 Å². The summed E-state index contributed by atoms with van der Waals surface area (Å²) in [5.41, 5.74) is 4.75. The summed E-state index contributed by atoms with van der Waals surface area (Å²) in [5, 5.41) is 11.1. The number of amides is 2. The van der Waals surface area contributed by atoms with E-state index in [2.05, 4.69) is 25.5 Å². The van der Waals surface area contributed by atoms with E-state index in [9.17, 15) is 19.2 Å². The molecule has 0 aliphatic rings. The number of hydrogen-bond donors (Lipinski definition) is 1. The van der Waals surface area contributed by atoms with Crippen LogP contribution in [-0.4, -0.2) is 80.8 Å². The largest absolute Gasteiger partial charge is 0.465 e. The van der Waals surface area contributed by atoms with Gasteiger partial charge in [-0.25, -0.2) is 28.6 Å². The fraction of sp³-hybridized carbons (Fsp3) is 0.152. The summed E-state index contributed by atoms with van der Waals surface area (Å²) in [4.78, 5) is 57.8. The molecule has 4 aromatic heterocycles. The molecule has 0 aliphatic carbocycles. The average molecular weight is 669 g/mol. The van der Waals surface area contributed by atoms with Gasteiger partial charge in [0.2, 0.25) is 0 Å². The van der Waals surface area contributed by atoms with Crippen molar-refractivity contribution >= 4 is 52.1 Å². The van der Waals surface area contributed by atoms with Crippen LogP contribution in [0.5, 0.6) is 0 Å². The van der Waals surface area contributed by atoms with E-state index >= 15 is 0 Å². The highest BCUT2D eigenvalue weighted by atomic mass is 35.5. The number of nitrogens with one attached hydrogen (secondary N) is 1. The summed E-state index contributed by atoms with van der Waals surface area (Å²) in [6, 6.07) is 16.8. The minimum absolute atomic E-state index is 0.156. The number of carbonyl (C=O) groups is 4. The minimum atomic E-state index is -0.599. The lowest BCUT2D eigenvalue weighted by Gasteiger charge is -2.18. The Kier molecular flexibility index (Phi) is 10.0. The van der Waals surface area contributed by atoms with Crippen LogP contribution in [0, 0.1) is 0 Å². The molecule has 0 saturated carbocycles. The summed E-state index contributed by atoms with van der Waals surface area (Å²) in [6.45, 7) is 2.11. The van der Waals surface area contributed by atoms with E-state index in [-0.39, 0.29) is 28.1 Å². The quantitative estimate of drug-likeness (QED) is 0.242. The highest BCUT2D eigenvalue weighted by molar-refractivity contribution is 6.33. The molecule has 244 valence electrons. The number of hydrogen-bond acceptors (Lipinski definition) is 10. The summed E-state index contributed by atoms with van der Waals surface area (Å²) in [7, 11) is 4.41. The number of nitrogens with zero attached hydrogens (tertiary/aromatic N) is 7. The Morgan fingerprint density at radius 2 is 1.62 bits per heavy atom. The standard InChI is InChI=1S/C24H20ClN5O4.C9H9N3O2/c1-26-22(31)15-6-4-14(5-7-15)18-12-28-30-13-27-20(11-21(18)30)23(32)29(2)16-8-9-19(25)17(10-16)24(33)34-3;1-2-14-9(13)8-5-7-3-4-11-12(7)6-10-8/h4-13H,1-3H3,(H,26,31);3-6H,2H2,1H3. The lowest BCUT2D eigenvalue weighted by molar-refractivity contribution is 0.0518. The van der Waals surface area contributed by atoms with Gasteiger partial charge in [-0.15, -0.1) is 0 Å². The zero-order chi connectivity index (χ0) is 34.4. The van der Waals surface area contributed by atoms with Crippen molar-refractivity contribution in [2.24, 2.45) is 0 Å². The number of ether oxygens (including phenoxy) is 2. The third-order valence-corrected chi connectivity index (χ3v) is 7.47. The summed E-state index contributed by atoms with van der Waals surface area (Å²) in [5.74, 6) is -1.57. The van der Waals surface area contributed by atoms with Crippen molar-refractivity contribution in [1.29, 1.82) is 0 Å². The molecule has 14 nitrogen and oxygen atoms in total. The first kappa shape index (κ1) is 33.2. The number of anilines is 1. The van der Waals surface area contributed by atoms with Gasteiger partial charge in [0, 0.05) is 30.9 Å². The number of fused-ring (bicyclic) bond motifs is 2. The van der Waals surface area contributed by atoms with Crippen LogP contribution in [0.15, 0.2) is 85.7 Å². The van der Waals surface area contributed by atoms with Gasteiger partial charge in [-0.2, -0.15) is 10.2 Å². The molecule has 0 radical (unpaired) electrons. The molecule has 2 amide bonds. The van der Waals surface area contributed by atoms with Crippen molar-refractivity contribution in [2.45, 2.75) is 6.92 Å². The second kappa shape index (κ2) is 14.5. The van der Waals surface area contributed by atoms with E-state index in [4.69, 9.17) is 21.1 Å². The summed E-state index contributed by atoms with van der Waals surface area (Å²) < 4.78 is 12.7. The molecule has 2 aromatic carbocycles. The minimum Gasteiger partial charge on any atom is -0.465 e. The number of carbonyl (C=O) groups excluding carboxylic acids is 4. The van der Waals surface area contributed by atoms with Crippen molar-refractivity contribution in [2.75, 3.05) is 32.7 Å². The first-order valence-electron chi connectivity index (χ1n) is 14.4. The SMILES string of the molecule is CCOC(=O)c1cc2ccnn2cn1.CNC(=O)c1ccc(-c2cnn3cnc(C(=O)N(C)c4ccc(Cl)c(C(=O)OC)c4)cc23)cc1. The fourth-order valence-electron chi connectivity index (χ4n) is 4.60. The molecule has 6 rings (SSSR count). The van der Waals surface area contributed by atoms with Gasteiger partial charge in [-0.1, -0.05) is 23.7 Å². The first-order valence-corrected chi connectivity index (χ1v) is 14.8. The van der Waals surface area contributed by atoms with Crippen molar-refractivity contribution in [3.63, 3.8) is 0 Å². The fourth-order valence-corrected chi connectivity index (χ4v) is 4.79. The molecule has 0 bridgehead atoms. The van der Waals surface area contributed by atoms with E-state index in [1.54, 1.807) is 78.8 Å². The molecule has 6 aromatic rings. The molecule has 0 aliphatic heterocycles. The Bertz CT molecular complexity index is 2140. The lowest BCUT2D eigenvalue weighted by Crippen LogP contribution is -2.27. The Labute approximate surface area is 278 Å². The van der Waals surface area contributed by atoms with Crippen LogP contribution in [0.2, 0.25) is 5.02 Å². The van der Waals surface area contributed by atoms with Gasteiger partial charge in [-0.05, 0) is 61.0 Å². The molecule has 0 fully saturated rings. The van der Waals surface area contributed by atoms with Crippen LogP contribution in [0.25, 0.3) is 22.2 Å². The summed E-state index contributed by atoms with van der Waals surface area (Å²) >= 11 is 6.09. The van der Waals surface area contributed by atoms with Crippen LogP contribution in [0.4, 0.5) is 5.69 Å². The Morgan fingerprint density at radius 1 is 0.896 bits per heavy atom. The van der Waals surface area contributed by atoms with E-state index in [0.717, 1.165) is 16.6 Å². The van der Waals surface area contributed by atoms with Crippen molar-refractivity contribution in [1.82, 2.24) is 34.5 Å². The molecule has 1 N–H and O–H groups in total. The molecule has 0 unspecified atom stereocenters. The van der Waals surface area contributed by atoms with E-state index in [0.29, 0.717) is 29.1 Å². The smallest absolute Gasteiger partial charge is 0.357 e. The zero-order valence-electron chi connectivity index (χ0n) is 26.2. The van der Waals surface area contributed by atoms with Crippen LogP contribution in [0.3, 0.4) is 0 Å². The Balaban J connectivity index is 0.000000267. The number of benzene rings is 2. The van der Waals surface area contributed by atoms with Crippen molar-refractivity contribution in [3.05, 3.63) is 113 Å². The van der Waals surface area contributed by atoms with E-state index in [1.165, 1.54) is 36.8 Å². The van der Waals surface area contributed by atoms with Gasteiger partial charge in [0.15, 0.2) is 5.69 Å². The zero-order valence-corrected chi connectivity index (χ0v) is 27.0. The monoisotopic (exact) mass is 668 g/mol. The third kappa shape index (κ3) is 6.98. The molecule has 4 heterocycles. The molecule has 0 atom stereocenters. The Morgan fingerprint density at radius 3 is 2.33 bits per heavy atom. The molecular formula is C33H29ClN8O6. The number of esters is 2. The normalized spacial score (nSPS) is 10.6. The maximum Gasteiger partial charge on any atom is 0.357 e. The van der Waals surface area contributed by atoms with Crippen LogP contribution < -0.4 is 10.2 Å². The molecular weight excluding hydrogens is 640 g/mol. The van der Waals surface area contributed by atoms with Gasteiger partial charge in [0.25, 0.3) is 11.8 Å². The van der Waals surface area contributed by atoms with Crippen molar-refractivity contribution in [3.8, 4) is 11.1 Å². The van der Waals surface area contributed by atoms with Crippen LogP contribution in [0.1, 0.15) is 48.6 Å². The number of aromatic nitrogens is 6. The average Bonchev–Trinajstić information content (AvgIpc) is 3.77. The predicted octanol–water partition coefficient (Wildman–Crippen LogP) is 4.38. The second-order valence-corrected chi connectivity index (χ2v) is 10.4. The first-order chi connectivity index (χ1) is 23.1. The van der Waals surface area contributed by atoms with Gasteiger partial charge in [0.1, 0.15) is 18.3 Å². The third-order valence-electron chi connectivity index (χ3n) is 7.14. The second-order valence-electron chi connectivity index (χ2n) is 10.0. The molecule has 0 saturated heterocycles. The topological polar surface area (TPSA) is 162 Å². The number of halogens is 1. The number of methoxy groups -OCH3 is 1. The predicted molar refractivity (Wildman–Crippen MR) is 176 cm³/mol. The van der Waals surface area contributed by atoms with Gasteiger partial charge >= 0.3 is 11.9 Å². The van der Waals surface area contributed by atoms with Gasteiger partial charge in [0.05, 0.1) is 47.7 Å². The summed E-state index contributed by atoms with van der Waals surface area (Å²) in [6.07, 6.45) is 6.26. The molecule has 0 spiro atoms. The maximum atomic E-state index is 13.2. The number of rotatable bonds is 7. The lowest BCUT2D eigenvalue weighted by atomic mass is 10.0. The van der Waals surface area contributed by atoms with Crippen LogP contribution in [-0.2, 0) is 9.47 Å². The van der Waals surface area contributed by atoms with Crippen LogP contribution >= 0.6 is 11.6 Å². The maximum absolute atomic E-state index is 13.2. The van der Waals surface area contributed by atoms with E-state index < -0.39 is 11.9 Å².